The number of aromatic nitrogens is 2. The third-order valence-electron chi connectivity index (χ3n) is 12.6. The molecule has 2 saturated carbocycles. The van der Waals surface area contributed by atoms with Crippen LogP contribution in [-0.2, 0) is 9.59 Å². The average Bonchev–Trinajstić information content (AvgIpc) is 4.04. The Morgan fingerprint density at radius 2 is 1.17 bits per heavy atom. The number of carbonyl (C=O) groups excluding carboxylic acids is 2. The van der Waals surface area contributed by atoms with Crippen molar-refractivity contribution in [1.29, 1.82) is 0 Å². The number of hydrogen-bond donors (Lipinski definition) is 4. The lowest BCUT2D eigenvalue weighted by Crippen LogP contribution is -2.50. The van der Waals surface area contributed by atoms with E-state index in [9.17, 15) is 19.8 Å². The number of aliphatic hydroxyl groups excluding tert-OH is 2. The summed E-state index contributed by atoms with van der Waals surface area (Å²) in [5.41, 5.74) is 5.35. The molecule has 1 aromatic heterocycles. The Morgan fingerprint density at radius 3 is 1.77 bits per heavy atom. The molecule has 276 valence electrons. The first-order valence-electron chi connectivity index (χ1n) is 20.0. The normalized spacial score (nSPS) is 25.6. The second kappa shape index (κ2) is 15.5. The Kier molecular flexibility index (Phi) is 10.5. The Balaban J connectivity index is 0.871. The molecule has 2 saturated heterocycles. The van der Waals surface area contributed by atoms with Gasteiger partial charge in [-0.1, -0.05) is 87.1 Å². The first-order chi connectivity index (χ1) is 25.4. The summed E-state index contributed by atoms with van der Waals surface area (Å²) in [6, 6.07) is 16.9. The van der Waals surface area contributed by atoms with Crippen LogP contribution >= 0.6 is 0 Å². The lowest BCUT2D eigenvalue weighted by molar-refractivity contribution is -0.145. The van der Waals surface area contributed by atoms with E-state index in [-0.39, 0.29) is 41.8 Å². The summed E-state index contributed by atoms with van der Waals surface area (Å²) < 4.78 is 0. The lowest BCUT2D eigenvalue weighted by atomic mass is 9.84. The molecular formula is C42H54N6O4. The molecule has 2 aliphatic carbocycles. The number of nitrogens with one attached hydrogen (secondary N) is 2. The molecule has 10 heteroatoms. The summed E-state index contributed by atoms with van der Waals surface area (Å²) >= 11 is 0. The summed E-state index contributed by atoms with van der Waals surface area (Å²) in [6.07, 6.45) is 14.1. The van der Waals surface area contributed by atoms with Gasteiger partial charge in [-0.25, -0.2) is 4.98 Å². The van der Waals surface area contributed by atoms with Gasteiger partial charge in [0.15, 0.2) is 0 Å². The topological polar surface area (TPSA) is 134 Å². The van der Waals surface area contributed by atoms with Crippen molar-refractivity contribution in [2.45, 2.75) is 120 Å². The van der Waals surface area contributed by atoms with Crippen molar-refractivity contribution in [2.75, 3.05) is 19.6 Å². The van der Waals surface area contributed by atoms with Crippen LogP contribution in [0, 0.1) is 11.8 Å². The molecular weight excluding hydrogens is 652 g/mol. The van der Waals surface area contributed by atoms with Gasteiger partial charge in [-0.3, -0.25) is 14.6 Å². The van der Waals surface area contributed by atoms with Crippen LogP contribution in [0.1, 0.15) is 113 Å². The molecule has 10 nitrogen and oxygen atoms in total. The molecule has 2 aromatic carbocycles. The number of aliphatic hydroxyl groups is 2. The molecule has 3 aliphatic heterocycles. The monoisotopic (exact) mass is 706 g/mol. The van der Waals surface area contributed by atoms with E-state index in [1.54, 1.807) is 0 Å². The predicted octanol–water partition coefficient (Wildman–Crippen LogP) is 6.32. The van der Waals surface area contributed by atoms with E-state index in [0.29, 0.717) is 19.6 Å². The van der Waals surface area contributed by atoms with Crippen molar-refractivity contribution in [1.82, 2.24) is 25.1 Å². The number of H-pyrrole nitrogens is 1. The maximum Gasteiger partial charge on any atom is 0.252 e. The zero-order valence-corrected chi connectivity index (χ0v) is 30.3. The van der Waals surface area contributed by atoms with Gasteiger partial charge in [0.1, 0.15) is 23.9 Å². The van der Waals surface area contributed by atoms with Crippen LogP contribution in [0.25, 0.3) is 22.4 Å². The van der Waals surface area contributed by atoms with Gasteiger partial charge in [0.25, 0.3) is 11.8 Å². The Hall–Kier alpha value is -4.02. The van der Waals surface area contributed by atoms with Gasteiger partial charge in [0.05, 0.1) is 36.6 Å². The number of hydrogen-bond acceptors (Lipinski definition) is 7. The molecule has 0 bridgehead atoms. The Morgan fingerprint density at radius 1 is 0.654 bits per heavy atom. The number of likely N-dealkylation sites (tertiary alicyclic amines) is 2. The van der Waals surface area contributed by atoms with E-state index >= 15 is 0 Å². The van der Waals surface area contributed by atoms with Gasteiger partial charge in [-0.05, 0) is 85.5 Å². The van der Waals surface area contributed by atoms with Gasteiger partial charge in [0, 0.05) is 13.1 Å². The highest BCUT2D eigenvalue weighted by Crippen LogP contribution is 2.36. The average molecular weight is 707 g/mol. The van der Waals surface area contributed by atoms with Gasteiger partial charge in [-0.2, -0.15) is 0 Å². The van der Waals surface area contributed by atoms with Crippen LogP contribution < -0.4 is 5.32 Å². The van der Waals surface area contributed by atoms with Crippen molar-refractivity contribution in [3.8, 4) is 22.4 Å². The lowest BCUT2D eigenvalue weighted by Gasteiger charge is -2.32. The van der Waals surface area contributed by atoms with Crippen LogP contribution in [0.15, 0.2) is 59.7 Å². The highest BCUT2D eigenvalue weighted by atomic mass is 16.3. The van der Waals surface area contributed by atoms with Crippen LogP contribution in [0.2, 0.25) is 0 Å². The van der Waals surface area contributed by atoms with Crippen molar-refractivity contribution in [3.63, 3.8) is 0 Å². The molecule has 0 spiro atoms. The summed E-state index contributed by atoms with van der Waals surface area (Å²) in [6.45, 7) is 1.97. The number of imidazole rings is 1. The number of rotatable bonds is 9. The third kappa shape index (κ3) is 7.16. The zero-order chi connectivity index (χ0) is 35.6. The molecule has 4 fully saturated rings. The molecule has 5 atom stereocenters. The summed E-state index contributed by atoms with van der Waals surface area (Å²) in [5.74, 6) is 1.55. The van der Waals surface area contributed by atoms with E-state index in [0.717, 1.165) is 117 Å². The van der Waals surface area contributed by atoms with Crippen molar-refractivity contribution < 1.29 is 19.8 Å². The minimum atomic E-state index is -0.914. The van der Waals surface area contributed by atoms with E-state index in [2.05, 4.69) is 58.8 Å². The van der Waals surface area contributed by atoms with Gasteiger partial charge < -0.3 is 30.3 Å². The fourth-order valence-electron chi connectivity index (χ4n) is 9.52. The number of nitrogens with zero attached hydrogens (tertiary/aromatic N) is 4. The molecule has 52 heavy (non-hydrogen) atoms. The van der Waals surface area contributed by atoms with Crippen LogP contribution in [0.3, 0.4) is 0 Å². The highest BCUT2D eigenvalue weighted by molar-refractivity contribution is 5.94. The summed E-state index contributed by atoms with van der Waals surface area (Å²) in [4.78, 5) is 43.5. The Labute approximate surface area is 307 Å². The smallest absolute Gasteiger partial charge is 0.252 e. The number of amides is 2. The molecule has 5 aliphatic rings. The first-order valence-corrected chi connectivity index (χ1v) is 20.0. The van der Waals surface area contributed by atoms with Crippen LogP contribution in [0.5, 0.6) is 0 Å². The second-order valence-electron chi connectivity index (χ2n) is 15.9. The quantitative estimate of drug-likeness (QED) is 0.206. The van der Waals surface area contributed by atoms with Crippen molar-refractivity contribution >= 4 is 17.6 Å². The first kappa shape index (κ1) is 35.0. The number of carbonyl (C=O) groups is 2. The fourth-order valence-corrected chi connectivity index (χ4v) is 9.52. The third-order valence-corrected chi connectivity index (χ3v) is 12.6. The number of benzene rings is 2. The summed E-state index contributed by atoms with van der Waals surface area (Å²) in [7, 11) is 0. The largest absolute Gasteiger partial charge is 0.383 e. The van der Waals surface area contributed by atoms with E-state index in [4.69, 9.17) is 9.98 Å². The molecule has 0 radical (unpaired) electrons. The molecule has 4 N–H and O–H groups in total. The minimum Gasteiger partial charge on any atom is -0.383 e. The minimum absolute atomic E-state index is 0.0587. The maximum absolute atomic E-state index is 13.4. The molecule has 8 rings (SSSR count). The summed E-state index contributed by atoms with van der Waals surface area (Å²) in [5, 5.41) is 25.5. The molecule has 1 unspecified atom stereocenters. The van der Waals surface area contributed by atoms with Gasteiger partial charge >= 0.3 is 0 Å². The SMILES string of the molecule is O=C([C@@H](O)C1CCCCC1)N1CCC[C@H]1C1=NCC(c2ccc(-c3ccc(-c4cnc([C@@H]5CCCN5C(=O)[C@@H](O)C5CCCCC5)[nH]4)cc3)cc2)N1. The fraction of sp³-hybridized carbons (Fsp3) is 0.571. The van der Waals surface area contributed by atoms with E-state index < -0.39 is 12.2 Å². The Bertz CT molecular complexity index is 1730. The molecule has 2 amide bonds. The van der Waals surface area contributed by atoms with E-state index in [1.807, 2.05) is 16.0 Å². The van der Waals surface area contributed by atoms with Crippen LogP contribution in [0.4, 0.5) is 0 Å². The van der Waals surface area contributed by atoms with Gasteiger partial charge in [0.2, 0.25) is 0 Å². The zero-order valence-electron chi connectivity index (χ0n) is 30.3. The standard InChI is InChI=1S/C42H54N6O4/c49-37(31-9-3-1-4-10-31)41(51)47-23-7-13-35(47)39-43-25-33(45-39)29-19-15-27(16-20-29)28-17-21-30(22-18-28)34-26-44-40(46-34)36-14-8-24-48(36)42(52)38(50)32-11-5-2-6-12-32/h15-22,25,31-32,34-38,49-50H,1-14,23-24,26H2,(H,43,45)(H,44,46)/t34?,35-,36-,37-,38-/m0/s1. The predicted molar refractivity (Wildman–Crippen MR) is 201 cm³/mol. The molecule has 4 heterocycles. The van der Waals surface area contributed by atoms with Crippen LogP contribution in [-0.4, -0.2) is 85.5 Å². The van der Waals surface area contributed by atoms with Crippen molar-refractivity contribution in [3.05, 3.63) is 66.1 Å². The number of amidine groups is 1. The van der Waals surface area contributed by atoms with E-state index in [1.165, 1.54) is 12.8 Å². The number of aliphatic imine (C=N–C) groups is 1. The number of aromatic amines is 1. The second-order valence-corrected chi connectivity index (χ2v) is 15.9. The molecule has 3 aromatic rings. The van der Waals surface area contributed by atoms with Gasteiger partial charge in [-0.15, -0.1) is 0 Å². The highest BCUT2D eigenvalue weighted by Gasteiger charge is 2.40. The maximum atomic E-state index is 13.4. The van der Waals surface area contributed by atoms with Crippen molar-refractivity contribution in [2.24, 2.45) is 16.8 Å².